The zero-order chi connectivity index (χ0) is 24.8. The van der Waals surface area contributed by atoms with Gasteiger partial charge >= 0.3 is 0 Å². The fraction of sp³-hybridized carbons (Fsp3) is 0.393. The molecule has 5 heteroatoms. The van der Waals surface area contributed by atoms with Gasteiger partial charge in [-0.25, -0.2) is 9.97 Å². The van der Waals surface area contributed by atoms with Gasteiger partial charge in [0.2, 0.25) is 11.8 Å². The third-order valence-electron chi connectivity index (χ3n) is 4.94. The number of ether oxygens (including phenoxy) is 1. The molecule has 0 N–H and O–H groups in total. The van der Waals surface area contributed by atoms with Gasteiger partial charge in [0, 0.05) is 33.9 Å². The van der Waals surface area contributed by atoms with Crippen LogP contribution in [0.4, 0.5) is 0 Å². The molecule has 2 aromatic heterocycles. The molecule has 0 fully saturated rings. The van der Waals surface area contributed by atoms with E-state index in [-0.39, 0.29) is 11.3 Å². The number of carbonyl (C=O) groups excluding carboxylic acids is 1. The van der Waals surface area contributed by atoms with Gasteiger partial charge in [0.05, 0.1) is 5.69 Å². The van der Waals surface area contributed by atoms with Gasteiger partial charge in [-0.3, -0.25) is 4.79 Å². The predicted molar refractivity (Wildman–Crippen MR) is 136 cm³/mol. The van der Waals surface area contributed by atoms with E-state index in [2.05, 4.69) is 37.9 Å². The molecular formula is C28H37N3O2. The lowest BCUT2D eigenvalue weighted by atomic mass is 9.72. The summed E-state index contributed by atoms with van der Waals surface area (Å²) in [5.74, 6) is 1.41. The Morgan fingerprint density at radius 2 is 1.36 bits per heavy atom. The highest BCUT2D eigenvalue weighted by Gasteiger charge is 2.37. The third-order valence-corrected chi connectivity index (χ3v) is 4.94. The maximum absolute atomic E-state index is 10.9. The highest BCUT2D eigenvalue weighted by atomic mass is 16.5. The van der Waals surface area contributed by atoms with E-state index in [0.717, 1.165) is 34.4 Å². The monoisotopic (exact) mass is 447 g/mol. The van der Waals surface area contributed by atoms with Crippen LogP contribution in [-0.4, -0.2) is 42.3 Å². The van der Waals surface area contributed by atoms with Crippen molar-refractivity contribution in [2.24, 2.45) is 5.41 Å². The number of pyridine rings is 2. The number of aldehydes is 1. The van der Waals surface area contributed by atoms with E-state index in [1.54, 1.807) is 12.1 Å². The number of rotatable bonds is 2. The maximum Gasteiger partial charge on any atom is 0.225 e. The van der Waals surface area contributed by atoms with E-state index < -0.39 is 0 Å². The van der Waals surface area contributed by atoms with Gasteiger partial charge in [-0.15, -0.1) is 0 Å². The number of carbonyl (C=O) groups is 1. The van der Waals surface area contributed by atoms with Crippen LogP contribution in [0.1, 0.15) is 67.7 Å². The fourth-order valence-corrected chi connectivity index (χ4v) is 3.68. The summed E-state index contributed by atoms with van der Waals surface area (Å²) in [7, 11) is 6.00. The van der Waals surface area contributed by atoms with Crippen molar-refractivity contribution < 1.29 is 9.53 Å². The summed E-state index contributed by atoms with van der Waals surface area (Å²) in [6.07, 6.45) is 0.839. The second-order valence-electron chi connectivity index (χ2n) is 9.42. The Balaban J connectivity index is 0.000000582. The molecule has 4 rings (SSSR count). The Labute approximate surface area is 198 Å². The molecule has 176 valence electrons. The number of hydrogen-bond donors (Lipinski definition) is 0. The van der Waals surface area contributed by atoms with Crippen molar-refractivity contribution in [3.8, 4) is 23.0 Å². The first-order valence-corrected chi connectivity index (χ1v) is 11.4. The van der Waals surface area contributed by atoms with Crippen LogP contribution < -0.4 is 4.74 Å². The Kier molecular flexibility index (Phi) is 8.89. The minimum atomic E-state index is -0.000969. The van der Waals surface area contributed by atoms with Crippen LogP contribution in [0.3, 0.4) is 0 Å². The van der Waals surface area contributed by atoms with E-state index in [4.69, 9.17) is 9.72 Å². The third kappa shape index (κ3) is 6.48. The molecule has 1 unspecified atom stereocenters. The molecule has 1 aromatic carbocycles. The summed E-state index contributed by atoms with van der Waals surface area (Å²) < 4.78 is 6.11. The largest absolute Gasteiger partial charge is 0.420 e. The Hall–Kier alpha value is -3.05. The van der Waals surface area contributed by atoms with E-state index in [1.165, 1.54) is 0 Å². The molecular weight excluding hydrogens is 410 g/mol. The van der Waals surface area contributed by atoms with Crippen LogP contribution in [0, 0.1) is 12.3 Å². The number of hydrogen-bond acceptors (Lipinski definition) is 5. The lowest BCUT2D eigenvalue weighted by molar-refractivity contribution is 0.112. The van der Waals surface area contributed by atoms with E-state index >= 15 is 0 Å². The van der Waals surface area contributed by atoms with Crippen molar-refractivity contribution in [1.29, 1.82) is 0 Å². The second kappa shape index (κ2) is 11.2. The average Bonchev–Trinajstić information content (AvgIpc) is 2.77. The Bertz CT molecular complexity index is 1060. The highest BCUT2D eigenvalue weighted by Crippen LogP contribution is 2.50. The van der Waals surface area contributed by atoms with Crippen LogP contribution in [0.2, 0.25) is 0 Å². The smallest absolute Gasteiger partial charge is 0.225 e. The molecule has 1 aliphatic rings. The van der Waals surface area contributed by atoms with Crippen molar-refractivity contribution in [1.82, 2.24) is 14.9 Å². The minimum Gasteiger partial charge on any atom is -0.420 e. The quantitative estimate of drug-likeness (QED) is 0.407. The molecule has 0 spiro atoms. The highest BCUT2D eigenvalue weighted by molar-refractivity contribution is 5.76. The van der Waals surface area contributed by atoms with Gasteiger partial charge in [-0.2, -0.15) is 0 Å². The number of aryl methyl sites for hydroxylation is 1. The summed E-state index contributed by atoms with van der Waals surface area (Å²) in [5.41, 5.74) is 5.51. The molecule has 0 saturated heterocycles. The summed E-state index contributed by atoms with van der Waals surface area (Å²) in [6, 6.07) is 15.7. The van der Waals surface area contributed by atoms with Crippen LogP contribution in [0.5, 0.6) is 11.8 Å². The molecule has 0 amide bonds. The predicted octanol–water partition coefficient (Wildman–Crippen LogP) is 6.75. The molecule has 5 nitrogen and oxygen atoms in total. The average molecular weight is 448 g/mol. The molecule has 0 saturated carbocycles. The summed E-state index contributed by atoms with van der Waals surface area (Å²) in [6.45, 7) is 12.6. The Morgan fingerprint density at radius 1 is 0.848 bits per heavy atom. The number of nitrogens with zero attached hydrogens (tertiary/aromatic N) is 3. The van der Waals surface area contributed by atoms with Crippen LogP contribution in [0.25, 0.3) is 11.3 Å². The molecule has 1 atom stereocenters. The first-order chi connectivity index (χ1) is 15.6. The molecule has 3 aromatic rings. The van der Waals surface area contributed by atoms with Gasteiger partial charge in [-0.1, -0.05) is 71.0 Å². The van der Waals surface area contributed by atoms with Gasteiger partial charge in [0.25, 0.3) is 0 Å². The van der Waals surface area contributed by atoms with Crippen LogP contribution in [-0.2, 0) is 0 Å². The zero-order valence-corrected chi connectivity index (χ0v) is 21.4. The van der Waals surface area contributed by atoms with Crippen molar-refractivity contribution in [2.75, 3.05) is 21.1 Å². The van der Waals surface area contributed by atoms with Gasteiger partial charge < -0.3 is 9.64 Å². The van der Waals surface area contributed by atoms with Crippen molar-refractivity contribution in [2.45, 2.75) is 47.5 Å². The van der Waals surface area contributed by atoms with E-state index in [0.29, 0.717) is 17.3 Å². The SMILES string of the molecule is CC.CN(C)C.Cc1ccc2c(n1)Oc1nc(-c3ccc(C=O)cc3)ccc1C2C(C)(C)C. The summed E-state index contributed by atoms with van der Waals surface area (Å²) in [5, 5.41) is 0. The molecule has 0 radical (unpaired) electrons. The van der Waals surface area contributed by atoms with Crippen molar-refractivity contribution in [3.63, 3.8) is 0 Å². The van der Waals surface area contributed by atoms with Gasteiger partial charge in [0.15, 0.2) is 0 Å². The van der Waals surface area contributed by atoms with Crippen LogP contribution >= 0.6 is 0 Å². The van der Waals surface area contributed by atoms with Crippen LogP contribution in [0.15, 0.2) is 48.5 Å². The fourth-order valence-electron chi connectivity index (χ4n) is 3.68. The molecule has 1 aliphatic heterocycles. The number of fused-ring (bicyclic) bond motifs is 2. The lowest BCUT2D eigenvalue weighted by Crippen LogP contribution is -2.24. The Morgan fingerprint density at radius 3 is 1.88 bits per heavy atom. The number of benzene rings is 1. The second-order valence-corrected chi connectivity index (χ2v) is 9.42. The molecule has 33 heavy (non-hydrogen) atoms. The first kappa shape index (κ1) is 26.2. The molecule has 3 heterocycles. The minimum absolute atomic E-state index is 0.000969. The summed E-state index contributed by atoms with van der Waals surface area (Å²) >= 11 is 0. The normalized spacial score (nSPS) is 13.9. The first-order valence-electron chi connectivity index (χ1n) is 11.4. The van der Waals surface area contributed by atoms with Crippen molar-refractivity contribution in [3.05, 3.63) is 70.9 Å². The lowest BCUT2D eigenvalue weighted by Gasteiger charge is -2.36. The van der Waals surface area contributed by atoms with Gasteiger partial charge in [0.1, 0.15) is 6.29 Å². The van der Waals surface area contributed by atoms with E-state index in [9.17, 15) is 4.79 Å². The van der Waals surface area contributed by atoms with Gasteiger partial charge in [-0.05, 0) is 45.6 Å². The maximum atomic E-state index is 10.9. The standard InChI is InChI=1S/C23H22N2O2.C3H9N.C2H6/c1-14-5-10-17-20(23(2,3)4)18-11-12-19(25-22(18)27-21(17)24-14)16-8-6-15(13-26)7-9-16;1-4(2)3;1-2/h5-13,20H,1-4H3;1-3H3;1-2H3. The zero-order valence-electron chi connectivity index (χ0n) is 21.4. The molecule has 0 bridgehead atoms. The number of aromatic nitrogens is 2. The topological polar surface area (TPSA) is 55.3 Å². The van der Waals surface area contributed by atoms with E-state index in [1.807, 2.05) is 71.1 Å². The summed E-state index contributed by atoms with van der Waals surface area (Å²) in [4.78, 5) is 22.3. The molecule has 0 aliphatic carbocycles. The van der Waals surface area contributed by atoms with Crippen molar-refractivity contribution >= 4 is 6.29 Å².